The molecule has 2 aliphatic carbocycles. The molecule has 4 nitrogen and oxygen atoms in total. The van der Waals surface area contributed by atoms with Gasteiger partial charge in [0.25, 0.3) is 5.56 Å². The van der Waals surface area contributed by atoms with Crippen LogP contribution in [0.15, 0.2) is 35.3 Å². The second kappa shape index (κ2) is 5.71. The maximum Gasteiger partial charge on any atom is 0.496 e. The quantitative estimate of drug-likeness (QED) is 0.777. The molecule has 1 aliphatic heterocycles. The summed E-state index contributed by atoms with van der Waals surface area (Å²) in [5, 5.41) is 1.72. The van der Waals surface area contributed by atoms with Crippen LogP contribution in [0, 0.1) is 11.8 Å². The maximum atomic E-state index is 13.3. The molecule has 0 atom stereocenters. The van der Waals surface area contributed by atoms with Crippen LogP contribution in [0.2, 0.25) is 0 Å². The van der Waals surface area contributed by atoms with Crippen molar-refractivity contribution in [1.29, 1.82) is 0 Å². The topological polar surface area (TPSA) is 40.5 Å². The smallest absolute Gasteiger partial charge is 0.399 e. The molecular formula is C22H28BNO3. The van der Waals surface area contributed by atoms with Crippen LogP contribution >= 0.6 is 0 Å². The summed E-state index contributed by atoms with van der Waals surface area (Å²) in [7, 11) is -0.453. The van der Waals surface area contributed by atoms with Crippen LogP contribution in [0.1, 0.15) is 59.4 Å². The molecule has 2 aromatic rings. The molecule has 0 radical (unpaired) electrons. The van der Waals surface area contributed by atoms with E-state index >= 15 is 0 Å². The Balaban J connectivity index is 1.68. The summed E-state index contributed by atoms with van der Waals surface area (Å²) < 4.78 is 14.7. The Morgan fingerprint density at radius 1 is 0.963 bits per heavy atom. The first-order valence-corrected chi connectivity index (χ1v) is 10.3. The Hall–Kier alpha value is -1.59. The van der Waals surface area contributed by atoms with Gasteiger partial charge in [-0.25, -0.2) is 0 Å². The summed E-state index contributed by atoms with van der Waals surface area (Å²) in [6, 6.07) is 8.24. The Labute approximate surface area is 161 Å². The van der Waals surface area contributed by atoms with E-state index in [0.717, 1.165) is 16.2 Å². The van der Waals surface area contributed by atoms with E-state index in [4.69, 9.17) is 9.31 Å². The lowest BCUT2D eigenvalue weighted by atomic mass is 9.77. The molecule has 0 amide bonds. The molecule has 2 heterocycles. The maximum absolute atomic E-state index is 13.3. The van der Waals surface area contributed by atoms with Crippen molar-refractivity contribution >= 4 is 23.4 Å². The summed E-state index contributed by atoms with van der Waals surface area (Å²) >= 11 is 0. The van der Waals surface area contributed by atoms with Crippen molar-refractivity contribution < 1.29 is 9.31 Å². The van der Waals surface area contributed by atoms with E-state index in [1.807, 2.05) is 35.0 Å². The fourth-order valence-corrected chi connectivity index (χ4v) is 4.43. The highest BCUT2D eigenvalue weighted by molar-refractivity contribution is 6.65. The van der Waals surface area contributed by atoms with E-state index in [1.165, 1.54) is 25.7 Å². The van der Waals surface area contributed by atoms with Gasteiger partial charge in [0, 0.05) is 23.1 Å². The zero-order chi connectivity index (χ0) is 19.0. The molecule has 27 heavy (non-hydrogen) atoms. The van der Waals surface area contributed by atoms with Crippen LogP contribution in [0.25, 0.3) is 10.8 Å². The standard InChI is InChI=1S/C22H28BNO3/c1-21(2)22(3,4)27-23(26-21)18-13-24(19(14-9-10-14)15-11-12-15)20(25)17-8-6-5-7-16(17)18/h5-8,13-15,19H,9-12H2,1-4H3. The van der Waals surface area contributed by atoms with E-state index in [9.17, 15) is 4.79 Å². The SMILES string of the molecule is CC1(C)OB(c2cn(C(C3CC3)C3CC3)c(=O)c3ccccc23)OC1(C)C. The van der Waals surface area contributed by atoms with Gasteiger partial charge < -0.3 is 13.9 Å². The number of rotatable bonds is 4. The minimum atomic E-state index is -0.453. The first-order valence-electron chi connectivity index (χ1n) is 10.3. The largest absolute Gasteiger partial charge is 0.496 e. The van der Waals surface area contributed by atoms with Crippen LogP contribution in [-0.4, -0.2) is 22.9 Å². The monoisotopic (exact) mass is 365 g/mol. The van der Waals surface area contributed by atoms with E-state index in [-0.39, 0.29) is 5.56 Å². The predicted molar refractivity (Wildman–Crippen MR) is 108 cm³/mol. The summed E-state index contributed by atoms with van der Waals surface area (Å²) in [5.41, 5.74) is 0.322. The average molecular weight is 365 g/mol. The zero-order valence-corrected chi connectivity index (χ0v) is 16.7. The van der Waals surface area contributed by atoms with Gasteiger partial charge in [0.05, 0.1) is 11.2 Å². The van der Waals surface area contributed by atoms with Crippen molar-refractivity contribution in [1.82, 2.24) is 4.57 Å². The fraction of sp³-hybridized carbons (Fsp3) is 0.591. The van der Waals surface area contributed by atoms with Gasteiger partial charge in [-0.1, -0.05) is 18.2 Å². The average Bonchev–Trinajstić information content (AvgIpc) is 3.51. The molecule has 0 unspecified atom stereocenters. The predicted octanol–water partition coefficient (Wildman–Crippen LogP) is 3.66. The van der Waals surface area contributed by atoms with E-state index in [0.29, 0.717) is 17.9 Å². The van der Waals surface area contributed by atoms with E-state index < -0.39 is 18.3 Å². The first-order chi connectivity index (χ1) is 12.8. The fourth-order valence-electron chi connectivity index (χ4n) is 4.43. The van der Waals surface area contributed by atoms with Crippen molar-refractivity contribution in [2.45, 2.75) is 70.6 Å². The Bertz CT molecular complexity index is 928. The van der Waals surface area contributed by atoms with Crippen molar-refractivity contribution in [3.63, 3.8) is 0 Å². The molecular weight excluding hydrogens is 337 g/mol. The minimum absolute atomic E-state index is 0.134. The molecule has 2 saturated carbocycles. The van der Waals surface area contributed by atoms with Gasteiger partial charge in [0.1, 0.15) is 0 Å². The summed E-state index contributed by atoms with van der Waals surface area (Å²) in [5.74, 6) is 1.31. The van der Waals surface area contributed by atoms with Gasteiger partial charge >= 0.3 is 7.12 Å². The molecule has 0 bridgehead atoms. The van der Waals surface area contributed by atoms with E-state index in [2.05, 4.69) is 27.7 Å². The molecule has 142 valence electrons. The Kier molecular flexibility index (Phi) is 3.70. The third-order valence-electron chi connectivity index (χ3n) is 7.02. The molecule has 3 fully saturated rings. The molecule has 1 aromatic carbocycles. The third-order valence-corrected chi connectivity index (χ3v) is 7.02. The molecule has 0 N–H and O–H groups in total. The van der Waals surface area contributed by atoms with Crippen LogP contribution in [0.4, 0.5) is 0 Å². The lowest BCUT2D eigenvalue weighted by Gasteiger charge is -2.32. The molecule has 3 aliphatic rings. The number of fused-ring (bicyclic) bond motifs is 1. The summed E-state index contributed by atoms with van der Waals surface area (Å²) in [6.07, 6.45) is 7.02. The second-order valence-electron chi connectivity index (χ2n) is 9.60. The highest BCUT2D eigenvalue weighted by Crippen LogP contribution is 2.51. The number of pyridine rings is 1. The summed E-state index contributed by atoms with van der Waals surface area (Å²) in [4.78, 5) is 13.3. The van der Waals surface area contributed by atoms with E-state index in [1.54, 1.807) is 0 Å². The van der Waals surface area contributed by atoms with Crippen molar-refractivity contribution in [3.05, 3.63) is 40.8 Å². The number of hydrogen-bond donors (Lipinski definition) is 0. The lowest BCUT2D eigenvalue weighted by molar-refractivity contribution is 0.00578. The Morgan fingerprint density at radius 3 is 2.00 bits per heavy atom. The van der Waals surface area contributed by atoms with Crippen molar-refractivity contribution in [3.8, 4) is 0 Å². The van der Waals surface area contributed by atoms with Gasteiger partial charge in [-0.15, -0.1) is 0 Å². The van der Waals surface area contributed by atoms with Crippen LogP contribution in [-0.2, 0) is 9.31 Å². The van der Waals surface area contributed by atoms with Crippen molar-refractivity contribution in [2.75, 3.05) is 0 Å². The zero-order valence-electron chi connectivity index (χ0n) is 16.7. The van der Waals surface area contributed by atoms with Gasteiger partial charge in [-0.3, -0.25) is 4.79 Å². The molecule has 1 aromatic heterocycles. The van der Waals surface area contributed by atoms with Gasteiger partial charge in [0.15, 0.2) is 0 Å². The highest BCUT2D eigenvalue weighted by atomic mass is 16.7. The number of benzene rings is 1. The molecule has 5 heteroatoms. The molecule has 1 saturated heterocycles. The third kappa shape index (κ3) is 2.78. The Morgan fingerprint density at radius 2 is 1.48 bits per heavy atom. The normalized spacial score (nSPS) is 24.1. The minimum Gasteiger partial charge on any atom is -0.399 e. The van der Waals surface area contributed by atoms with Crippen LogP contribution in [0.5, 0.6) is 0 Å². The number of hydrogen-bond acceptors (Lipinski definition) is 3. The van der Waals surface area contributed by atoms with Crippen LogP contribution in [0.3, 0.4) is 0 Å². The molecule has 0 spiro atoms. The summed E-state index contributed by atoms with van der Waals surface area (Å²) in [6.45, 7) is 8.29. The highest BCUT2D eigenvalue weighted by Gasteiger charge is 2.52. The van der Waals surface area contributed by atoms with Crippen LogP contribution < -0.4 is 11.0 Å². The van der Waals surface area contributed by atoms with Crippen molar-refractivity contribution in [2.24, 2.45) is 11.8 Å². The van der Waals surface area contributed by atoms with Gasteiger partial charge in [0.2, 0.25) is 0 Å². The van der Waals surface area contributed by atoms with Gasteiger partial charge in [-0.2, -0.15) is 0 Å². The molecule has 5 rings (SSSR count). The number of aromatic nitrogens is 1. The van der Waals surface area contributed by atoms with Gasteiger partial charge in [-0.05, 0) is 76.7 Å². The first kappa shape index (κ1) is 17.5. The second-order valence-corrected chi connectivity index (χ2v) is 9.60. The lowest BCUT2D eigenvalue weighted by Crippen LogP contribution is -2.41. The number of nitrogens with zero attached hydrogens (tertiary/aromatic N) is 1.